The maximum absolute atomic E-state index is 6.06. The SMILES string of the molecule is Cc1cc(C=C(CS)B2OC(C)(C)C(C)(C)O2)cnc1Cl. The maximum Gasteiger partial charge on any atom is 0.491 e. The highest BCUT2D eigenvalue weighted by atomic mass is 35.5. The maximum atomic E-state index is 6.06. The zero-order valence-corrected chi connectivity index (χ0v) is 14.8. The summed E-state index contributed by atoms with van der Waals surface area (Å²) < 4.78 is 12.1. The van der Waals surface area contributed by atoms with Crippen molar-refractivity contribution in [3.05, 3.63) is 34.0 Å². The zero-order valence-electron chi connectivity index (χ0n) is 13.1. The third-order valence-electron chi connectivity index (χ3n) is 4.13. The molecule has 0 amide bonds. The predicted octanol–water partition coefficient (Wildman–Crippen LogP) is 3.99. The average Bonchev–Trinajstić information content (AvgIpc) is 2.59. The van der Waals surface area contributed by atoms with E-state index in [1.54, 1.807) is 6.20 Å². The Morgan fingerprint density at radius 1 is 1.33 bits per heavy atom. The number of aryl methyl sites for hydroxylation is 1. The van der Waals surface area contributed by atoms with E-state index in [-0.39, 0.29) is 18.3 Å². The van der Waals surface area contributed by atoms with Gasteiger partial charge in [-0.15, -0.1) is 0 Å². The van der Waals surface area contributed by atoms with Gasteiger partial charge in [0.15, 0.2) is 0 Å². The summed E-state index contributed by atoms with van der Waals surface area (Å²) in [5, 5.41) is 0.523. The van der Waals surface area contributed by atoms with Crippen LogP contribution in [0.1, 0.15) is 38.8 Å². The van der Waals surface area contributed by atoms with Crippen molar-refractivity contribution in [1.29, 1.82) is 0 Å². The molecule has 2 rings (SSSR count). The monoisotopic (exact) mass is 325 g/mol. The number of halogens is 1. The van der Waals surface area contributed by atoms with Crippen molar-refractivity contribution in [3.63, 3.8) is 0 Å². The minimum atomic E-state index is -0.386. The minimum Gasteiger partial charge on any atom is -0.400 e. The first kappa shape index (κ1) is 16.9. The summed E-state index contributed by atoms with van der Waals surface area (Å²) in [6.45, 7) is 10.1. The summed E-state index contributed by atoms with van der Waals surface area (Å²) in [5.41, 5.74) is 2.18. The van der Waals surface area contributed by atoms with Gasteiger partial charge in [-0.1, -0.05) is 17.7 Å². The quantitative estimate of drug-likeness (QED) is 0.518. The lowest BCUT2D eigenvalue weighted by molar-refractivity contribution is 0.00578. The van der Waals surface area contributed by atoms with Crippen LogP contribution < -0.4 is 0 Å². The van der Waals surface area contributed by atoms with Crippen molar-refractivity contribution in [2.75, 3.05) is 5.75 Å². The molecule has 0 bridgehead atoms. The number of thiol groups is 1. The Hall–Kier alpha value is -0.485. The van der Waals surface area contributed by atoms with Gasteiger partial charge in [-0.05, 0) is 57.3 Å². The van der Waals surface area contributed by atoms with Crippen molar-refractivity contribution in [2.45, 2.75) is 45.8 Å². The summed E-state index contributed by atoms with van der Waals surface area (Å²) in [7, 11) is -0.386. The number of hydrogen-bond acceptors (Lipinski definition) is 4. The van der Waals surface area contributed by atoms with Gasteiger partial charge in [0.05, 0.1) is 11.2 Å². The van der Waals surface area contributed by atoms with E-state index in [0.29, 0.717) is 10.9 Å². The molecular weight excluding hydrogens is 305 g/mol. The first-order valence-electron chi connectivity index (χ1n) is 6.95. The predicted molar refractivity (Wildman–Crippen MR) is 91.9 cm³/mol. The molecule has 3 nitrogen and oxygen atoms in total. The van der Waals surface area contributed by atoms with Crippen LogP contribution in [0.15, 0.2) is 17.7 Å². The largest absolute Gasteiger partial charge is 0.491 e. The molecule has 0 unspecified atom stereocenters. The molecule has 114 valence electrons. The van der Waals surface area contributed by atoms with Gasteiger partial charge in [-0.2, -0.15) is 12.6 Å². The van der Waals surface area contributed by atoms with Crippen LogP contribution >= 0.6 is 24.2 Å². The Kier molecular flexibility index (Phi) is 4.79. The highest BCUT2D eigenvalue weighted by Gasteiger charge is 2.52. The second-order valence-corrected chi connectivity index (χ2v) is 7.02. The zero-order chi connectivity index (χ0) is 15.8. The molecule has 0 aromatic carbocycles. The third-order valence-corrected chi connectivity index (χ3v) is 4.89. The number of rotatable bonds is 3. The molecule has 1 aromatic heterocycles. The summed E-state index contributed by atoms with van der Waals surface area (Å²) >= 11 is 10.4. The molecule has 6 heteroatoms. The van der Waals surface area contributed by atoms with E-state index in [2.05, 4.69) is 17.6 Å². The van der Waals surface area contributed by atoms with Crippen molar-refractivity contribution in [3.8, 4) is 0 Å². The standard InChI is InChI=1S/C15H21BClNO2S/c1-10-6-11(8-18-13(10)17)7-12(9-21)16-19-14(2,3)15(4,5)20-16/h6-8,21H,9H2,1-5H3. The molecule has 1 fully saturated rings. The van der Waals surface area contributed by atoms with Gasteiger partial charge in [0.25, 0.3) is 0 Å². The van der Waals surface area contributed by atoms with Gasteiger partial charge in [-0.3, -0.25) is 0 Å². The fourth-order valence-electron chi connectivity index (χ4n) is 2.06. The van der Waals surface area contributed by atoms with E-state index in [9.17, 15) is 0 Å². The average molecular weight is 326 g/mol. The van der Waals surface area contributed by atoms with Gasteiger partial charge >= 0.3 is 7.12 Å². The van der Waals surface area contributed by atoms with Crippen molar-refractivity contribution in [2.24, 2.45) is 0 Å². The lowest BCUT2D eigenvalue weighted by Crippen LogP contribution is -2.41. The summed E-state index contributed by atoms with van der Waals surface area (Å²) in [6.07, 6.45) is 3.75. The highest BCUT2D eigenvalue weighted by Crippen LogP contribution is 2.39. The number of nitrogens with zero attached hydrogens (tertiary/aromatic N) is 1. The normalized spacial score (nSPS) is 20.9. The summed E-state index contributed by atoms with van der Waals surface area (Å²) in [6, 6.07) is 1.99. The van der Waals surface area contributed by atoms with Crippen LogP contribution in [0, 0.1) is 6.92 Å². The van der Waals surface area contributed by atoms with E-state index in [4.69, 9.17) is 20.9 Å². The molecule has 2 heterocycles. The lowest BCUT2D eigenvalue weighted by Gasteiger charge is -2.32. The van der Waals surface area contributed by atoms with Gasteiger partial charge < -0.3 is 9.31 Å². The summed E-state index contributed by atoms with van der Waals surface area (Å²) in [5.74, 6) is 0.554. The molecular formula is C15H21BClNO2S. The molecule has 1 aromatic rings. The van der Waals surface area contributed by atoms with E-state index in [0.717, 1.165) is 16.6 Å². The fourth-order valence-corrected chi connectivity index (χ4v) is 2.40. The Balaban J connectivity index is 2.28. The van der Waals surface area contributed by atoms with Gasteiger partial charge in [0.1, 0.15) is 5.15 Å². The van der Waals surface area contributed by atoms with Crippen LogP contribution in [-0.4, -0.2) is 29.1 Å². The van der Waals surface area contributed by atoms with Gasteiger partial charge in [0.2, 0.25) is 0 Å². The fraction of sp³-hybridized carbons (Fsp3) is 0.533. The molecule has 0 saturated carbocycles. The Bertz CT molecular complexity index is 559. The third kappa shape index (κ3) is 3.47. The highest BCUT2D eigenvalue weighted by molar-refractivity contribution is 7.80. The van der Waals surface area contributed by atoms with Gasteiger partial charge in [0, 0.05) is 11.9 Å². The molecule has 1 aliphatic heterocycles. The van der Waals surface area contributed by atoms with Crippen LogP contribution in [0.25, 0.3) is 6.08 Å². The van der Waals surface area contributed by atoms with Crippen LogP contribution in [-0.2, 0) is 9.31 Å². The summed E-state index contributed by atoms with van der Waals surface area (Å²) in [4.78, 5) is 4.16. The van der Waals surface area contributed by atoms with Gasteiger partial charge in [-0.25, -0.2) is 4.98 Å². The molecule has 0 spiro atoms. The number of hydrogen-bond donors (Lipinski definition) is 1. The molecule has 0 N–H and O–H groups in total. The minimum absolute atomic E-state index is 0.353. The van der Waals surface area contributed by atoms with E-state index >= 15 is 0 Å². The topological polar surface area (TPSA) is 31.4 Å². The Morgan fingerprint density at radius 3 is 2.38 bits per heavy atom. The molecule has 0 radical (unpaired) electrons. The molecule has 21 heavy (non-hydrogen) atoms. The van der Waals surface area contributed by atoms with E-state index < -0.39 is 0 Å². The molecule has 1 saturated heterocycles. The molecule has 1 aliphatic rings. The van der Waals surface area contributed by atoms with Crippen molar-refractivity contribution < 1.29 is 9.31 Å². The molecule has 0 atom stereocenters. The van der Waals surface area contributed by atoms with Crippen LogP contribution in [0.5, 0.6) is 0 Å². The second-order valence-electron chi connectivity index (χ2n) is 6.34. The van der Waals surface area contributed by atoms with Crippen LogP contribution in [0.4, 0.5) is 0 Å². The smallest absolute Gasteiger partial charge is 0.400 e. The lowest BCUT2D eigenvalue weighted by atomic mass is 9.78. The second kappa shape index (κ2) is 5.96. The van der Waals surface area contributed by atoms with Crippen molar-refractivity contribution in [1.82, 2.24) is 4.98 Å². The Labute approximate surface area is 137 Å². The first-order valence-corrected chi connectivity index (χ1v) is 7.96. The number of pyridine rings is 1. The van der Waals surface area contributed by atoms with Crippen LogP contribution in [0.3, 0.4) is 0 Å². The van der Waals surface area contributed by atoms with E-state index in [1.807, 2.05) is 46.8 Å². The number of aromatic nitrogens is 1. The molecule has 0 aliphatic carbocycles. The van der Waals surface area contributed by atoms with E-state index in [1.165, 1.54) is 0 Å². The first-order chi connectivity index (χ1) is 9.66. The van der Waals surface area contributed by atoms with Crippen molar-refractivity contribution >= 4 is 37.4 Å². The Morgan fingerprint density at radius 2 is 1.90 bits per heavy atom. The van der Waals surface area contributed by atoms with Crippen LogP contribution in [0.2, 0.25) is 5.15 Å².